The highest BCUT2D eigenvalue weighted by atomic mass is 19.1. The number of nitrogens with zero attached hydrogens (tertiary/aromatic N) is 2. The molecule has 0 aromatic heterocycles. The number of halogens is 1. The smallest absolute Gasteiger partial charge is 0.127 e. The van der Waals surface area contributed by atoms with Gasteiger partial charge in [-0.1, -0.05) is 0 Å². The van der Waals surface area contributed by atoms with Crippen LogP contribution in [0.25, 0.3) is 0 Å². The van der Waals surface area contributed by atoms with Crippen LogP contribution in [0.1, 0.15) is 45.2 Å². The van der Waals surface area contributed by atoms with Gasteiger partial charge in [0.05, 0.1) is 13.2 Å². The van der Waals surface area contributed by atoms with E-state index in [1.54, 1.807) is 6.07 Å². The maximum absolute atomic E-state index is 14.2. The van der Waals surface area contributed by atoms with Gasteiger partial charge in [0.2, 0.25) is 0 Å². The molecule has 1 aromatic carbocycles. The Kier molecular flexibility index (Phi) is 5.97. The number of hydrogen-bond acceptors (Lipinski definition) is 4. The van der Waals surface area contributed by atoms with E-state index in [4.69, 9.17) is 9.47 Å². The molecule has 2 fully saturated rings. The number of hydrogen-bond donors (Lipinski definition) is 0. The number of ether oxygens (including phenoxy) is 2. The lowest BCUT2D eigenvalue weighted by Crippen LogP contribution is -2.40. The standard InChI is InChI=1S/C20H31FN2O2/c1-20(2,3)23-6-4-5-19(23)16-13-17(21)15-18(14-16)25-12-9-22-7-10-24-11-8-22/h13-15,19H,4-12H2,1-3H3. The van der Waals surface area contributed by atoms with E-state index in [0.29, 0.717) is 12.4 Å². The van der Waals surface area contributed by atoms with Crippen molar-refractivity contribution in [2.24, 2.45) is 0 Å². The summed E-state index contributed by atoms with van der Waals surface area (Å²) in [6.45, 7) is 12.6. The van der Waals surface area contributed by atoms with Crippen LogP contribution in [-0.4, -0.2) is 61.3 Å². The van der Waals surface area contributed by atoms with E-state index in [9.17, 15) is 4.39 Å². The minimum atomic E-state index is -0.209. The highest BCUT2D eigenvalue weighted by Gasteiger charge is 2.34. The Morgan fingerprint density at radius 1 is 1.16 bits per heavy atom. The van der Waals surface area contributed by atoms with Gasteiger partial charge in [0.15, 0.2) is 0 Å². The van der Waals surface area contributed by atoms with E-state index in [1.165, 1.54) is 6.07 Å². The quantitative estimate of drug-likeness (QED) is 0.812. The Morgan fingerprint density at radius 3 is 2.64 bits per heavy atom. The van der Waals surface area contributed by atoms with Crippen LogP contribution in [-0.2, 0) is 4.74 Å². The highest BCUT2D eigenvalue weighted by molar-refractivity contribution is 5.32. The summed E-state index contributed by atoms with van der Waals surface area (Å²) < 4.78 is 25.4. The minimum Gasteiger partial charge on any atom is -0.492 e. The van der Waals surface area contributed by atoms with Gasteiger partial charge in [-0.2, -0.15) is 0 Å². The first-order valence-electron chi connectivity index (χ1n) is 9.43. The molecule has 0 N–H and O–H groups in total. The molecule has 2 saturated heterocycles. The molecule has 2 aliphatic rings. The van der Waals surface area contributed by atoms with Gasteiger partial charge in [-0.25, -0.2) is 4.39 Å². The average molecular weight is 350 g/mol. The number of rotatable bonds is 5. The summed E-state index contributed by atoms with van der Waals surface area (Å²) in [7, 11) is 0. The van der Waals surface area contributed by atoms with Crippen LogP contribution in [0.4, 0.5) is 4.39 Å². The summed E-state index contributed by atoms with van der Waals surface area (Å²) in [6.07, 6.45) is 2.24. The molecule has 0 saturated carbocycles. The maximum Gasteiger partial charge on any atom is 0.127 e. The van der Waals surface area contributed by atoms with Crippen molar-refractivity contribution in [3.05, 3.63) is 29.6 Å². The molecular formula is C20H31FN2O2. The Labute approximate surface area is 150 Å². The van der Waals surface area contributed by atoms with Crippen LogP contribution in [0.15, 0.2) is 18.2 Å². The molecule has 3 rings (SSSR count). The lowest BCUT2D eigenvalue weighted by molar-refractivity contribution is 0.0322. The summed E-state index contributed by atoms with van der Waals surface area (Å²) in [5.74, 6) is 0.434. The van der Waals surface area contributed by atoms with Crippen molar-refractivity contribution in [1.82, 2.24) is 9.80 Å². The molecule has 1 aromatic rings. The van der Waals surface area contributed by atoms with Gasteiger partial charge in [-0.3, -0.25) is 9.80 Å². The zero-order valence-corrected chi connectivity index (χ0v) is 15.8. The molecule has 2 heterocycles. The molecule has 0 aliphatic carbocycles. The normalized spacial score (nSPS) is 23.1. The maximum atomic E-state index is 14.2. The summed E-state index contributed by atoms with van der Waals surface area (Å²) in [5.41, 5.74) is 1.12. The molecule has 0 radical (unpaired) electrons. The van der Waals surface area contributed by atoms with Gasteiger partial charge in [0.25, 0.3) is 0 Å². The first kappa shape index (κ1) is 18.6. The molecule has 0 spiro atoms. The van der Waals surface area contributed by atoms with Crippen LogP contribution in [0, 0.1) is 5.82 Å². The van der Waals surface area contributed by atoms with Crippen LogP contribution < -0.4 is 4.74 Å². The SMILES string of the molecule is CC(C)(C)N1CCCC1c1cc(F)cc(OCCN2CCOCC2)c1. The third-order valence-corrected chi connectivity index (χ3v) is 5.17. The van der Waals surface area contributed by atoms with E-state index in [1.807, 2.05) is 6.07 Å². The van der Waals surface area contributed by atoms with E-state index < -0.39 is 0 Å². The topological polar surface area (TPSA) is 24.9 Å². The molecule has 140 valence electrons. The number of morpholine rings is 1. The van der Waals surface area contributed by atoms with Crippen LogP contribution in [0.3, 0.4) is 0 Å². The predicted octanol–water partition coefficient (Wildman–Crippen LogP) is 3.47. The molecule has 0 bridgehead atoms. The van der Waals surface area contributed by atoms with E-state index in [0.717, 1.165) is 57.8 Å². The average Bonchev–Trinajstić information content (AvgIpc) is 3.05. The highest BCUT2D eigenvalue weighted by Crippen LogP contribution is 2.38. The zero-order chi connectivity index (χ0) is 17.9. The molecular weight excluding hydrogens is 319 g/mol. The first-order chi connectivity index (χ1) is 11.9. The number of benzene rings is 1. The fraction of sp³-hybridized carbons (Fsp3) is 0.700. The van der Waals surface area contributed by atoms with Gasteiger partial charge >= 0.3 is 0 Å². The van der Waals surface area contributed by atoms with Crippen LogP contribution >= 0.6 is 0 Å². The van der Waals surface area contributed by atoms with Gasteiger partial charge < -0.3 is 9.47 Å². The Bertz CT molecular complexity index is 567. The summed E-state index contributed by atoms with van der Waals surface area (Å²) in [4.78, 5) is 4.79. The summed E-state index contributed by atoms with van der Waals surface area (Å²) >= 11 is 0. The fourth-order valence-corrected chi connectivity index (χ4v) is 3.89. The molecule has 0 amide bonds. The second kappa shape index (κ2) is 8.02. The van der Waals surface area contributed by atoms with E-state index in [2.05, 4.69) is 30.6 Å². The van der Waals surface area contributed by atoms with E-state index >= 15 is 0 Å². The monoisotopic (exact) mass is 350 g/mol. The lowest BCUT2D eigenvalue weighted by Gasteiger charge is -2.37. The third kappa shape index (κ3) is 4.93. The summed E-state index contributed by atoms with van der Waals surface area (Å²) in [6, 6.07) is 5.47. The van der Waals surface area contributed by atoms with Gasteiger partial charge in [0, 0.05) is 37.3 Å². The zero-order valence-electron chi connectivity index (χ0n) is 15.8. The Hall–Kier alpha value is -1.17. The van der Waals surface area contributed by atoms with Crippen LogP contribution in [0.5, 0.6) is 5.75 Å². The van der Waals surface area contributed by atoms with Crippen molar-refractivity contribution >= 4 is 0 Å². The molecule has 1 atom stereocenters. The van der Waals surface area contributed by atoms with Crippen molar-refractivity contribution in [1.29, 1.82) is 0 Å². The van der Waals surface area contributed by atoms with Gasteiger partial charge in [0.1, 0.15) is 18.2 Å². The van der Waals surface area contributed by atoms with Crippen molar-refractivity contribution in [2.75, 3.05) is 46.0 Å². The van der Waals surface area contributed by atoms with Gasteiger partial charge in [-0.15, -0.1) is 0 Å². The molecule has 2 aliphatic heterocycles. The van der Waals surface area contributed by atoms with E-state index in [-0.39, 0.29) is 17.4 Å². The largest absolute Gasteiger partial charge is 0.492 e. The molecule has 4 nitrogen and oxygen atoms in total. The van der Waals surface area contributed by atoms with Crippen molar-refractivity contribution in [3.8, 4) is 5.75 Å². The minimum absolute atomic E-state index is 0.0881. The Balaban J connectivity index is 1.64. The number of likely N-dealkylation sites (tertiary alicyclic amines) is 1. The van der Waals surface area contributed by atoms with Crippen molar-refractivity contribution < 1.29 is 13.9 Å². The van der Waals surface area contributed by atoms with Crippen molar-refractivity contribution in [2.45, 2.75) is 45.2 Å². The molecule has 1 unspecified atom stereocenters. The first-order valence-corrected chi connectivity index (χ1v) is 9.43. The third-order valence-electron chi connectivity index (χ3n) is 5.17. The van der Waals surface area contributed by atoms with Crippen LogP contribution in [0.2, 0.25) is 0 Å². The Morgan fingerprint density at radius 2 is 1.92 bits per heavy atom. The molecule has 5 heteroatoms. The van der Waals surface area contributed by atoms with Gasteiger partial charge in [-0.05, 0) is 57.9 Å². The fourth-order valence-electron chi connectivity index (χ4n) is 3.89. The lowest BCUT2D eigenvalue weighted by atomic mass is 9.99. The van der Waals surface area contributed by atoms with Crippen molar-refractivity contribution in [3.63, 3.8) is 0 Å². The summed E-state index contributed by atoms with van der Waals surface area (Å²) in [5, 5.41) is 0. The predicted molar refractivity (Wildman–Crippen MR) is 97.6 cm³/mol. The second-order valence-corrected chi connectivity index (χ2v) is 8.04. The second-order valence-electron chi connectivity index (χ2n) is 8.04. The molecule has 25 heavy (non-hydrogen) atoms.